The molecule has 0 radical (unpaired) electrons. The number of halogens is 1. The average Bonchev–Trinajstić information content (AvgIpc) is 2.36. The predicted molar refractivity (Wildman–Crippen MR) is 89.7 cm³/mol. The van der Waals surface area contributed by atoms with Crippen molar-refractivity contribution in [1.82, 2.24) is 5.32 Å². The highest BCUT2D eigenvalue weighted by Crippen LogP contribution is 2.17. The van der Waals surface area contributed by atoms with E-state index < -0.39 is 5.54 Å². The smallest absolute Gasteiger partial charge is 0.239 e. The van der Waals surface area contributed by atoms with Gasteiger partial charge in [0.1, 0.15) is 0 Å². The van der Waals surface area contributed by atoms with E-state index in [0.29, 0.717) is 13.0 Å². The number of benzene rings is 1. The largest absolute Gasteiger partial charge is 0.354 e. The second kappa shape index (κ2) is 9.27. The van der Waals surface area contributed by atoms with Gasteiger partial charge >= 0.3 is 0 Å². The zero-order valence-electron chi connectivity index (χ0n) is 12.4. The fraction of sp³-hybridized carbons (Fsp3) is 0.533. The normalized spacial score (nSPS) is 13.2. The minimum absolute atomic E-state index is 0. The molecular formula is C15H25ClN2OS. The third-order valence-corrected chi connectivity index (χ3v) is 3.98. The lowest BCUT2D eigenvalue weighted by atomic mass is 9.97. The monoisotopic (exact) mass is 316 g/mol. The fourth-order valence-electron chi connectivity index (χ4n) is 1.80. The molecule has 114 valence electrons. The number of carbonyl (C=O) groups excluding carboxylic acids is 1. The van der Waals surface area contributed by atoms with Crippen LogP contribution in [0.4, 0.5) is 0 Å². The van der Waals surface area contributed by atoms with Crippen LogP contribution < -0.4 is 11.1 Å². The van der Waals surface area contributed by atoms with Crippen LogP contribution in [0.5, 0.6) is 0 Å². The molecule has 0 spiro atoms. The molecule has 0 saturated heterocycles. The molecule has 20 heavy (non-hydrogen) atoms. The SMILES string of the molecule is CCCC(C)(N)C(=O)NCCSc1ccc(C)cc1.Cl. The predicted octanol–water partition coefficient (Wildman–Crippen LogP) is 3.14. The second-order valence-electron chi connectivity index (χ2n) is 5.08. The Morgan fingerprint density at radius 1 is 1.35 bits per heavy atom. The summed E-state index contributed by atoms with van der Waals surface area (Å²) in [4.78, 5) is 13.1. The number of nitrogens with two attached hydrogens (primary N) is 1. The molecular weight excluding hydrogens is 292 g/mol. The first-order chi connectivity index (χ1) is 8.95. The lowest BCUT2D eigenvalue weighted by Gasteiger charge is -2.22. The summed E-state index contributed by atoms with van der Waals surface area (Å²) in [6.45, 7) is 6.54. The van der Waals surface area contributed by atoms with E-state index in [1.54, 1.807) is 18.7 Å². The van der Waals surface area contributed by atoms with Crippen molar-refractivity contribution in [2.75, 3.05) is 12.3 Å². The zero-order chi connectivity index (χ0) is 14.3. The van der Waals surface area contributed by atoms with Gasteiger partial charge in [-0.15, -0.1) is 24.2 Å². The van der Waals surface area contributed by atoms with Gasteiger partial charge in [-0.25, -0.2) is 0 Å². The lowest BCUT2D eigenvalue weighted by molar-refractivity contribution is -0.125. The first kappa shape index (κ1) is 19.3. The molecule has 3 nitrogen and oxygen atoms in total. The molecule has 1 atom stereocenters. The molecule has 1 rings (SSSR count). The maximum atomic E-state index is 11.9. The summed E-state index contributed by atoms with van der Waals surface area (Å²) >= 11 is 1.74. The average molecular weight is 317 g/mol. The Morgan fingerprint density at radius 2 is 1.95 bits per heavy atom. The summed E-state index contributed by atoms with van der Waals surface area (Å²) in [5.74, 6) is 0.802. The molecule has 0 aliphatic rings. The Kier molecular flexibility index (Phi) is 8.94. The van der Waals surface area contributed by atoms with Gasteiger partial charge in [-0.2, -0.15) is 0 Å². The Balaban J connectivity index is 0.00000361. The van der Waals surface area contributed by atoms with E-state index in [1.807, 2.05) is 6.92 Å². The third kappa shape index (κ3) is 6.64. The fourth-order valence-corrected chi connectivity index (χ4v) is 2.57. The number of amides is 1. The molecule has 1 unspecified atom stereocenters. The molecule has 1 aromatic carbocycles. The van der Waals surface area contributed by atoms with Crippen molar-refractivity contribution in [2.45, 2.75) is 44.0 Å². The van der Waals surface area contributed by atoms with E-state index in [9.17, 15) is 4.79 Å². The van der Waals surface area contributed by atoms with Crippen LogP contribution in [0, 0.1) is 6.92 Å². The number of carbonyl (C=O) groups is 1. The van der Waals surface area contributed by atoms with E-state index in [1.165, 1.54) is 10.5 Å². The van der Waals surface area contributed by atoms with Gasteiger partial charge in [0.2, 0.25) is 5.91 Å². The number of rotatable bonds is 7. The molecule has 0 fully saturated rings. The van der Waals surface area contributed by atoms with Crippen LogP contribution in [0.1, 0.15) is 32.3 Å². The van der Waals surface area contributed by atoms with Gasteiger partial charge in [0.05, 0.1) is 5.54 Å². The van der Waals surface area contributed by atoms with E-state index in [4.69, 9.17) is 5.73 Å². The van der Waals surface area contributed by atoms with Crippen molar-refractivity contribution in [2.24, 2.45) is 5.73 Å². The summed E-state index contributed by atoms with van der Waals surface area (Å²) in [7, 11) is 0. The quantitative estimate of drug-likeness (QED) is 0.600. The molecule has 5 heteroatoms. The van der Waals surface area contributed by atoms with Crippen molar-refractivity contribution >= 4 is 30.1 Å². The third-order valence-electron chi connectivity index (χ3n) is 2.97. The molecule has 0 saturated carbocycles. The number of hydrogen-bond acceptors (Lipinski definition) is 3. The lowest BCUT2D eigenvalue weighted by Crippen LogP contribution is -2.51. The van der Waals surface area contributed by atoms with Crippen LogP contribution in [-0.2, 0) is 4.79 Å². The van der Waals surface area contributed by atoms with Crippen molar-refractivity contribution < 1.29 is 4.79 Å². The summed E-state index contributed by atoms with van der Waals surface area (Å²) in [6.07, 6.45) is 1.63. The maximum Gasteiger partial charge on any atom is 0.239 e. The Morgan fingerprint density at radius 3 is 2.50 bits per heavy atom. The Hall–Kier alpha value is -0.710. The highest BCUT2D eigenvalue weighted by molar-refractivity contribution is 7.99. The minimum atomic E-state index is -0.747. The highest BCUT2D eigenvalue weighted by atomic mass is 35.5. The van der Waals surface area contributed by atoms with Crippen LogP contribution in [0.25, 0.3) is 0 Å². The number of hydrogen-bond donors (Lipinski definition) is 2. The highest BCUT2D eigenvalue weighted by Gasteiger charge is 2.26. The van der Waals surface area contributed by atoms with Gasteiger partial charge in [-0.1, -0.05) is 31.0 Å². The molecule has 0 bridgehead atoms. The van der Waals surface area contributed by atoms with E-state index in [0.717, 1.165) is 12.2 Å². The molecule has 0 aliphatic carbocycles. The maximum absolute atomic E-state index is 11.9. The summed E-state index contributed by atoms with van der Waals surface area (Å²) in [5.41, 5.74) is 6.48. The van der Waals surface area contributed by atoms with Gasteiger partial charge in [-0.3, -0.25) is 4.79 Å². The summed E-state index contributed by atoms with van der Waals surface area (Å²) in [5, 5.41) is 2.90. The van der Waals surface area contributed by atoms with Gasteiger partial charge in [0.25, 0.3) is 0 Å². The van der Waals surface area contributed by atoms with E-state index in [-0.39, 0.29) is 18.3 Å². The molecule has 3 N–H and O–H groups in total. The van der Waals surface area contributed by atoms with Crippen LogP contribution >= 0.6 is 24.2 Å². The van der Waals surface area contributed by atoms with E-state index in [2.05, 4.69) is 36.5 Å². The number of nitrogens with one attached hydrogen (secondary N) is 1. The Bertz CT molecular complexity index is 407. The van der Waals surface area contributed by atoms with Crippen LogP contribution in [0.2, 0.25) is 0 Å². The zero-order valence-corrected chi connectivity index (χ0v) is 14.1. The van der Waals surface area contributed by atoms with Gasteiger partial charge in [0.15, 0.2) is 0 Å². The van der Waals surface area contributed by atoms with Crippen molar-refractivity contribution in [3.05, 3.63) is 29.8 Å². The van der Waals surface area contributed by atoms with Crippen molar-refractivity contribution in [3.8, 4) is 0 Å². The van der Waals surface area contributed by atoms with Gasteiger partial charge in [-0.05, 0) is 32.4 Å². The first-order valence-corrected chi connectivity index (χ1v) is 7.71. The molecule has 1 aromatic rings. The van der Waals surface area contributed by atoms with Crippen molar-refractivity contribution in [3.63, 3.8) is 0 Å². The topological polar surface area (TPSA) is 55.1 Å². The minimum Gasteiger partial charge on any atom is -0.354 e. The second-order valence-corrected chi connectivity index (χ2v) is 6.25. The standard InChI is InChI=1S/C15H24N2OS.ClH/c1-4-9-15(3,16)14(18)17-10-11-19-13-7-5-12(2)6-8-13;/h5-8H,4,9-11,16H2,1-3H3,(H,17,18);1H. The van der Waals surface area contributed by atoms with E-state index >= 15 is 0 Å². The van der Waals surface area contributed by atoms with Gasteiger partial charge < -0.3 is 11.1 Å². The first-order valence-electron chi connectivity index (χ1n) is 6.72. The summed E-state index contributed by atoms with van der Waals surface area (Å²) < 4.78 is 0. The number of thioether (sulfide) groups is 1. The molecule has 0 aliphatic heterocycles. The van der Waals surface area contributed by atoms with Crippen LogP contribution in [0.15, 0.2) is 29.2 Å². The summed E-state index contributed by atoms with van der Waals surface area (Å²) in [6, 6.07) is 8.40. The van der Waals surface area contributed by atoms with Crippen LogP contribution in [-0.4, -0.2) is 23.7 Å². The molecule has 1 amide bonds. The Labute approximate surface area is 132 Å². The number of aryl methyl sites for hydroxylation is 1. The molecule has 0 heterocycles. The van der Waals surface area contributed by atoms with Gasteiger partial charge in [0, 0.05) is 17.2 Å². The van der Waals surface area contributed by atoms with Crippen LogP contribution in [0.3, 0.4) is 0 Å². The van der Waals surface area contributed by atoms with Crippen molar-refractivity contribution in [1.29, 1.82) is 0 Å². The molecule has 0 aromatic heterocycles.